The van der Waals surface area contributed by atoms with Crippen LogP contribution in [0.3, 0.4) is 0 Å². The Labute approximate surface area is 99.6 Å². The van der Waals surface area contributed by atoms with Gasteiger partial charge in [-0.15, -0.1) is 0 Å². The lowest BCUT2D eigenvalue weighted by molar-refractivity contribution is 0.0725. The maximum atomic E-state index is 12.0. The van der Waals surface area contributed by atoms with Crippen LogP contribution in [0.5, 0.6) is 0 Å². The van der Waals surface area contributed by atoms with Crippen molar-refractivity contribution in [1.29, 1.82) is 0 Å². The summed E-state index contributed by atoms with van der Waals surface area (Å²) in [6, 6.07) is 1.60. The summed E-state index contributed by atoms with van der Waals surface area (Å²) < 4.78 is 4.86. The Bertz CT molecular complexity index is 401. The van der Waals surface area contributed by atoms with E-state index >= 15 is 0 Å². The summed E-state index contributed by atoms with van der Waals surface area (Å²) in [6.07, 6.45) is 0. The Hall–Kier alpha value is -1.43. The smallest absolute Gasteiger partial charge is 0.276 e. The first-order chi connectivity index (χ1) is 7.41. The van der Waals surface area contributed by atoms with Gasteiger partial charge in [0.1, 0.15) is 5.76 Å². The van der Waals surface area contributed by atoms with Gasteiger partial charge >= 0.3 is 0 Å². The van der Waals surface area contributed by atoms with E-state index in [1.54, 1.807) is 17.9 Å². The predicted molar refractivity (Wildman–Crippen MR) is 64.2 cm³/mol. The van der Waals surface area contributed by atoms with Crippen molar-refractivity contribution >= 4 is 23.1 Å². The molecule has 0 saturated heterocycles. The third-order valence-corrected chi connectivity index (χ3v) is 2.19. The lowest BCUT2D eigenvalue weighted by Crippen LogP contribution is -2.42. The Balaban J connectivity index is 2.87. The van der Waals surface area contributed by atoms with Gasteiger partial charge in [0.25, 0.3) is 5.91 Å². The minimum absolute atomic E-state index is 0.00556. The van der Waals surface area contributed by atoms with Crippen LogP contribution in [0.25, 0.3) is 0 Å². The van der Waals surface area contributed by atoms with Gasteiger partial charge in [0, 0.05) is 12.1 Å². The number of nitrogens with two attached hydrogens (primary N) is 1. The average molecular weight is 241 g/mol. The Morgan fingerprint density at radius 2 is 2.31 bits per heavy atom. The van der Waals surface area contributed by atoms with Crippen LogP contribution >= 0.6 is 12.2 Å². The zero-order valence-electron chi connectivity index (χ0n) is 9.56. The van der Waals surface area contributed by atoms with E-state index < -0.39 is 0 Å². The van der Waals surface area contributed by atoms with Crippen molar-refractivity contribution in [3.63, 3.8) is 0 Å². The van der Waals surface area contributed by atoms with Crippen molar-refractivity contribution in [2.24, 2.45) is 5.73 Å². The molecule has 0 radical (unpaired) electrons. The highest BCUT2D eigenvalue weighted by atomic mass is 32.1. The number of carbonyl (C=O) groups excluding carboxylic acids is 1. The number of hydrogen-bond donors (Lipinski definition) is 1. The van der Waals surface area contributed by atoms with Gasteiger partial charge in [-0.3, -0.25) is 4.79 Å². The quantitative estimate of drug-likeness (QED) is 0.800. The lowest BCUT2D eigenvalue weighted by atomic mass is 10.2. The second-order valence-corrected chi connectivity index (χ2v) is 4.34. The fourth-order valence-corrected chi connectivity index (χ4v) is 1.41. The molecule has 0 unspecified atom stereocenters. The predicted octanol–water partition coefficient (Wildman–Crippen LogP) is 1.12. The van der Waals surface area contributed by atoms with Crippen LogP contribution in [-0.4, -0.2) is 33.5 Å². The second-order valence-electron chi connectivity index (χ2n) is 3.82. The van der Waals surface area contributed by atoms with Crippen LogP contribution in [0.1, 0.15) is 30.1 Å². The minimum atomic E-state index is -0.223. The average Bonchev–Trinajstić information content (AvgIpc) is 2.59. The number of carbonyl (C=O) groups is 1. The molecule has 1 heterocycles. The van der Waals surface area contributed by atoms with Crippen LogP contribution in [0.2, 0.25) is 0 Å². The largest absolute Gasteiger partial charge is 0.392 e. The third-order valence-electron chi connectivity index (χ3n) is 2.06. The number of rotatable bonds is 4. The van der Waals surface area contributed by atoms with Gasteiger partial charge in [0.05, 0.1) is 11.5 Å². The van der Waals surface area contributed by atoms with Gasteiger partial charge in [-0.1, -0.05) is 17.4 Å². The zero-order chi connectivity index (χ0) is 12.3. The van der Waals surface area contributed by atoms with E-state index in [0.29, 0.717) is 5.76 Å². The van der Waals surface area contributed by atoms with E-state index in [4.69, 9.17) is 22.5 Å². The normalized spacial score (nSPS) is 10.5. The van der Waals surface area contributed by atoms with Crippen molar-refractivity contribution in [2.45, 2.75) is 26.8 Å². The molecule has 6 heteroatoms. The first-order valence-corrected chi connectivity index (χ1v) is 5.35. The molecule has 2 N–H and O–H groups in total. The molecule has 5 nitrogen and oxygen atoms in total. The second kappa shape index (κ2) is 5.07. The fourth-order valence-electron chi connectivity index (χ4n) is 1.27. The first kappa shape index (κ1) is 12.6. The Morgan fingerprint density at radius 1 is 1.69 bits per heavy atom. The van der Waals surface area contributed by atoms with E-state index in [0.717, 1.165) is 0 Å². The van der Waals surface area contributed by atoms with Crippen LogP contribution in [0, 0.1) is 6.92 Å². The molecule has 16 heavy (non-hydrogen) atoms. The van der Waals surface area contributed by atoms with Gasteiger partial charge in [-0.05, 0) is 20.8 Å². The van der Waals surface area contributed by atoms with E-state index in [2.05, 4.69) is 5.16 Å². The SMILES string of the molecule is Cc1cc(C(=O)N(CC(N)=S)C(C)C)no1. The number of hydrogen-bond acceptors (Lipinski definition) is 4. The molecule has 1 aromatic heterocycles. The van der Waals surface area contributed by atoms with Crippen LogP contribution in [-0.2, 0) is 0 Å². The molecule has 0 spiro atoms. The molecular formula is C10H15N3O2S. The molecule has 0 bridgehead atoms. The molecule has 0 saturated carbocycles. The summed E-state index contributed by atoms with van der Waals surface area (Å²) in [5.74, 6) is 0.377. The molecule has 0 aliphatic carbocycles. The molecule has 0 fully saturated rings. The third kappa shape index (κ3) is 3.03. The van der Waals surface area contributed by atoms with E-state index in [1.807, 2.05) is 13.8 Å². The zero-order valence-corrected chi connectivity index (χ0v) is 10.4. The Morgan fingerprint density at radius 3 is 2.69 bits per heavy atom. The molecule has 0 aliphatic rings. The van der Waals surface area contributed by atoms with Gasteiger partial charge in [-0.25, -0.2) is 0 Å². The lowest BCUT2D eigenvalue weighted by Gasteiger charge is -2.24. The minimum Gasteiger partial charge on any atom is -0.392 e. The monoisotopic (exact) mass is 241 g/mol. The van der Waals surface area contributed by atoms with Crippen LogP contribution in [0.4, 0.5) is 0 Å². The highest BCUT2D eigenvalue weighted by Gasteiger charge is 2.22. The molecule has 1 amide bonds. The van der Waals surface area contributed by atoms with E-state index in [9.17, 15) is 4.79 Å². The van der Waals surface area contributed by atoms with E-state index in [1.165, 1.54) is 0 Å². The molecule has 0 aliphatic heterocycles. The summed E-state index contributed by atoms with van der Waals surface area (Å²) in [5, 5.41) is 3.68. The van der Waals surface area contributed by atoms with Crippen molar-refractivity contribution in [2.75, 3.05) is 6.54 Å². The fraction of sp³-hybridized carbons (Fsp3) is 0.500. The molecule has 1 aromatic rings. The first-order valence-electron chi connectivity index (χ1n) is 4.94. The summed E-state index contributed by atoms with van der Waals surface area (Å²) in [7, 11) is 0. The number of nitrogens with zero attached hydrogens (tertiary/aromatic N) is 2. The number of thiocarbonyl (C=S) groups is 1. The van der Waals surface area contributed by atoms with Crippen LogP contribution in [0.15, 0.2) is 10.6 Å². The van der Waals surface area contributed by atoms with Crippen LogP contribution < -0.4 is 5.73 Å². The topological polar surface area (TPSA) is 72.4 Å². The highest BCUT2D eigenvalue weighted by molar-refractivity contribution is 7.80. The molecule has 1 rings (SSSR count). The van der Waals surface area contributed by atoms with Crippen molar-refractivity contribution in [3.05, 3.63) is 17.5 Å². The van der Waals surface area contributed by atoms with Crippen molar-refractivity contribution in [1.82, 2.24) is 10.1 Å². The summed E-state index contributed by atoms with van der Waals surface area (Å²) in [6.45, 7) is 5.76. The van der Waals surface area contributed by atoms with Gasteiger partial charge in [0.2, 0.25) is 0 Å². The Kier molecular flexibility index (Phi) is 4.00. The number of amides is 1. The van der Waals surface area contributed by atoms with Crippen molar-refractivity contribution in [3.8, 4) is 0 Å². The van der Waals surface area contributed by atoms with Crippen molar-refractivity contribution < 1.29 is 9.32 Å². The van der Waals surface area contributed by atoms with Gasteiger partial charge in [0.15, 0.2) is 5.69 Å². The summed E-state index contributed by atoms with van der Waals surface area (Å²) in [4.78, 5) is 13.9. The summed E-state index contributed by atoms with van der Waals surface area (Å²) in [5.41, 5.74) is 5.73. The maximum absolute atomic E-state index is 12.0. The number of aryl methyl sites for hydroxylation is 1. The maximum Gasteiger partial charge on any atom is 0.276 e. The summed E-state index contributed by atoms with van der Waals surface area (Å²) >= 11 is 4.81. The van der Waals surface area contributed by atoms with Gasteiger partial charge < -0.3 is 15.2 Å². The molecule has 0 atom stereocenters. The number of aromatic nitrogens is 1. The van der Waals surface area contributed by atoms with E-state index in [-0.39, 0.29) is 29.2 Å². The molecule has 0 aromatic carbocycles. The molecule has 88 valence electrons. The highest BCUT2D eigenvalue weighted by Crippen LogP contribution is 2.08. The van der Waals surface area contributed by atoms with Gasteiger partial charge in [-0.2, -0.15) is 0 Å². The standard InChI is InChI=1S/C10H15N3O2S/c1-6(2)13(5-9(11)16)10(14)8-4-7(3)15-12-8/h4,6H,5H2,1-3H3,(H2,11,16). The molecular weight excluding hydrogens is 226 g/mol.